The molecule has 0 radical (unpaired) electrons. The smallest absolute Gasteiger partial charge is 0.305 e. The van der Waals surface area contributed by atoms with Gasteiger partial charge in [0.15, 0.2) is 0 Å². The van der Waals surface area contributed by atoms with Gasteiger partial charge in [0.1, 0.15) is 6.10 Å². The molecule has 1 heterocycles. The largest absolute Gasteiger partial charge is 0.462 e. The summed E-state index contributed by atoms with van der Waals surface area (Å²) in [5, 5.41) is 0. The molecule has 1 saturated carbocycles. The highest BCUT2D eigenvalue weighted by atomic mass is 16.5. The van der Waals surface area contributed by atoms with Crippen LogP contribution in [0.4, 0.5) is 0 Å². The maximum atomic E-state index is 11.1. The lowest BCUT2D eigenvalue weighted by atomic mass is 9.61. The fourth-order valence-corrected chi connectivity index (χ4v) is 2.75. The monoisotopic (exact) mass is 225 g/mol. The second kappa shape index (κ2) is 3.73. The van der Waals surface area contributed by atoms with E-state index in [9.17, 15) is 4.79 Å². The van der Waals surface area contributed by atoms with E-state index in [1.54, 1.807) is 0 Å². The Balaban J connectivity index is 1.72. The fourth-order valence-electron chi connectivity index (χ4n) is 2.75. The molecule has 0 atom stereocenters. The first-order chi connectivity index (χ1) is 7.35. The van der Waals surface area contributed by atoms with Gasteiger partial charge >= 0.3 is 5.97 Å². The number of hydrogen-bond donors (Lipinski definition) is 0. The standard InChI is InChI=1S/C13H23NO2/c1-5-11(15)16-10-6-13(7-10)8-14(9-13)12(2,3)4/h10H,5-9H2,1-4H3. The lowest BCUT2D eigenvalue weighted by Gasteiger charge is -2.62. The molecule has 2 rings (SSSR count). The number of likely N-dealkylation sites (tertiary alicyclic amines) is 1. The normalized spacial score (nSPS) is 25.0. The Morgan fingerprint density at radius 1 is 1.38 bits per heavy atom. The predicted octanol–water partition coefficient (Wildman–Crippen LogP) is 2.20. The minimum absolute atomic E-state index is 0.0492. The highest BCUT2D eigenvalue weighted by Gasteiger charge is 2.55. The van der Waals surface area contributed by atoms with Crippen LogP contribution in [0.2, 0.25) is 0 Å². The van der Waals surface area contributed by atoms with E-state index in [0.29, 0.717) is 11.8 Å². The third-order valence-electron chi connectivity index (χ3n) is 3.91. The molecular weight excluding hydrogens is 202 g/mol. The van der Waals surface area contributed by atoms with Gasteiger partial charge in [-0.05, 0) is 33.6 Å². The molecule has 0 aromatic heterocycles. The molecule has 2 aliphatic rings. The highest BCUT2D eigenvalue weighted by molar-refractivity contribution is 5.69. The van der Waals surface area contributed by atoms with E-state index >= 15 is 0 Å². The topological polar surface area (TPSA) is 29.5 Å². The average molecular weight is 225 g/mol. The summed E-state index contributed by atoms with van der Waals surface area (Å²) in [6.45, 7) is 11.0. The number of carbonyl (C=O) groups excluding carboxylic acids is 1. The molecular formula is C13H23NO2. The van der Waals surface area contributed by atoms with Gasteiger partial charge in [-0.25, -0.2) is 0 Å². The first-order valence-corrected chi connectivity index (χ1v) is 6.29. The summed E-state index contributed by atoms with van der Waals surface area (Å²) < 4.78 is 5.33. The molecule has 0 aromatic rings. The molecule has 1 aliphatic carbocycles. The van der Waals surface area contributed by atoms with E-state index in [1.165, 1.54) is 13.1 Å². The van der Waals surface area contributed by atoms with Gasteiger partial charge in [0.25, 0.3) is 0 Å². The third kappa shape index (κ3) is 2.10. The van der Waals surface area contributed by atoms with Gasteiger partial charge in [0, 0.05) is 30.5 Å². The molecule has 16 heavy (non-hydrogen) atoms. The molecule has 0 amide bonds. The molecule has 1 spiro atoms. The SMILES string of the molecule is CCC(=O)OC1CC2(C1)CN(C(C)(C)C)C2. The molecule has 92 valence electrons. The van der Waals surface area contributed by atoms with Crippen molar-refractivity contribution in [2.45, 2.75) is 58.6 Å². The Kier molecular flexibility index (Phi) is 2.77. The summed E-state index contributed by atoms with van der Waals surface area (Å²) in [5.74, 6) is -0.0492. The minimum atomic E-state index is -0.0492. The van der Waals surface area contributed by atoms with Crippen LogP contribution in [-0.4, -0.2) is 35.6 Å². The van der Waals surface area contributed by atoms with Crippen molar-refractivity contribution in [2.75, 3.05) is 13.1 Å². The van der Waals surface area contributed by atoms with Crippen LogP contribution in [0.15, 0.2) is 0 Å². The van der Waals surface area contributed by atoms with Crippen molar-refractivity contribution in [3.05, 3.63) is 0 Å². The first kappa shape index (κ1) is 11.9. The third-order valence-corrected chi connectivity index (χ3v) is 3.91. The molecule has 1 saturated heterocycles. The zero-order valence-corrected chi connectivity index (χ0v) is 10.9. The lowest BCUT2D eigenvalue weighted by molar-refractivity contribution is -0.185. The molecule has 2 fully saturated rings. The summed E-state index contributed by atoms with van der Waals surface area (Å²) >= 11 is 0. The predicted molar refractivity (Wildman–Crippen MR) is 63.2 cm³/mol. The van der Waals surface area contributed by atoms with Crippen LogP contribution in [0.25, 0.3) is 0 Å². The lowest BCUT2D eigenvalue weighted by Crippen LogP contribution is -2.68. The van der Waals surface area contributed by atoms with Crippen molar-refractivity contribution < 1.29 is 9.53 Å². The van der Waals surface area contributed by atoms with Gasteiger partial charge < -0.3 is 4.74 Å². The van der Waals surface area contributed by atoms with E-state index < -0.39 is 0 Å². The van der Waals surface area contributed by atoms with Crippen LogP contribution in [0, 0.1) is 5.41 Å². The molecule has 0 N–H and O–H groups in total. The van der Waals surface area contributed by atoms with Crippen molar-refractivity contribution in [2.24, 2.45) is 5.41 Å². The Bertz CT molecular complexity index is 279. The Morgan fingerprint density at radius 2 is 1.94 bits per heavy atom. The number of esters is 1. The Morgan fingerprint density at radius 3 is 2.38 bits per heavy atom. The second-order valence-corrected chi connectivity index (χ2v) is 6.40. The summed E-state index contributed by atoms with van der Waals surface area (Å²) in [6.07, 6.45) is 2.85. The second-order valence-electron chi connectivity index (χ2n) is 6.40. The Labute approximate surface area is 98.1 Å². The maximum absolute atomic E-state index is 11.1. The molecule has 0 aromatic carbocycles. The number of hydrogen-bond acceptors (Lipinski definition) is 3. The summed E-state index contributed by atoms with van der Waals surface area (Å²) in [5.41, 5.74) is 0.766. The van der Waals surface area contributed by atoms with Gasteiger partial charge in [0.2, 0.25) is 0 Å². The summed E-state index contributed by atoms with van der Waals surface area (Å²) in [4.78, 5) is 13.6. The van der Waals surface area contributed by atoms with Gasteiger partial charge in [-0.3, -0.25) is 9.69 Å². The van der Waals surface area contributed by atoms with Crippen LogP contribution in [0.3, 0.4) is 0 Å². The zero-order valence-electron chi connectivity index (χ0n) is 10.9. The van der Waals surface area contributed by atoms with E-state index in [1.807, 2.05) is 6.92 Å². The molecule has 0 bridgehead atoms. The number of carbonyl (C=O) groups is 1. The molecule has 0 unspecified atom stereocenters. The van der Waals surface area contributed by atoms with E-state index in [2.05, 4.69) is 25.7 Å². The van der Waals surface area contributed by atoms with Crippen LogP contribution < -0.4 is 0 Å². The summed E-state index contributed by atoms with van der Waals surface area (Å²) in [7, 11) is 0. The quantitative estimate of drug-likeness (QED) is 0.675. The van der Waals surface area contributed by atoms with Gasteiger partial charge in [-0.2, -0.15) is 0 Å². The van der Waals surface area contributed by atoms with Gasteiger partial charge in [0.05, 0.1) is 0 Å². The Hall–Kier alpha value is -0.570. The van der Waals surface area contributed by atoms with E-state index in [-0.39, 0.29) is 17.6 Å². The minimum Gasteiger partial charge on any atom is -0.462 e. The number of ether oxygens (including phenoxy) is 1. The van der Waals surface area contributed by atoms with Crippen molar-refractivity contribution in [1.29, 1.82) is 0 Å². The van der Waals surface area contributed by atoms with Crippen molar-refractivity contribution in [3.8, 4) is 0 Å². The molecule has 3 heteroatoms. The number of nitrogens with zero attached hydrogens (tertiary/aromatic N) is 1. The maximum Gasteiger partial charge on any atom is 0.305 e. The van der Waals surface area contributed by atoms with Crippen molar-refractivity contribution in [3.63, 3.8) is 0 Å². The van der Waals surface area contributed by atoms with E-state index in [0.717, 1.165) is 12.8 Å². The first-order valence-electron chi connectivity index (χ1n) is 6.29. The average Bonchev–Trinajstić information content (AvgIpc) is 2.03. The molecule has 3 nitrogen and oxygen atoms in total. The van der Waals surface area contributed by atoms with Crippen LogP contribution in [0.1, 0.15) is 47.0 Å². The fraction of sp³-hybridized carbons (Fsp3) is 0.923. The number of rotatable bonds is 2. The van der Waals surface area contributed by atoms with Gasteiger partial charge in [-0.1, -0.05) is 6.92 Å². The van der Waals surface area contributed by atoms with E-state index in [4.69, 9.17) is 4.74 Å². The molecule has 1 aliphatic heterocycles. The van der Waals surface area contributed by atoms with Crippen LogP contribution in [0.5, 0.6) is 0 Å². The highest BCUT2D eigenvalue weighted by Crippen LogP contribution is 2.51. The zero-order chi connectivity index (χ0) is 12.0. The van der Waals surface area contributed by atoms with Crippen LogP contribution >= 0.6 is 0 Å². The van der Waals surface area contributed by atoms with Gasteiger partial charge in [-0.15, -0.1) is 0 Å². The van der Waals surface area contributed by atoms with Crippen LogP contribution in [-0.2, 0) is 9.53 Å². The van der Waals surface area contributed by atoms with Crippen molar-refractivity contribution in [1.82, 2.24) is 4.90 Å². The van der Waals surface area contributed by atoms with Crippen molar-refractivity contribution >= 4 is 5.97 Å². The summed E-state index contributed by atoms with van der Waals surface area (Å²) in [6, 6.07) is 0.